The van der Waals surface area contributed by atoms with Gasteiger partial charge in [0.2, 0.25) is 0 Å². The van der Waals surface area contributed by atoms with E-state index >= 15 is 0 Å². The van der Waals surface area contributed by atoms with E-state index in [0.29, 0.717) is 23.0 Å². The maximum Gasteiger partial charge on any atom is 0.164 e. The van der Waals surface area contributed by atoms with Gasteiger partial charge < -0.3 is 9.13 Å². The summed E-state index contributed by atoms with van der Waals surface area (Å²) < 4.78 is 4.97. The molecule has 0 fully saturated rings. The Bertz CT molecular complexity index is 4720. The summed E-state index contributed by atoms with van der Waals surface area (Å²) in [6, 6.07) is 58.2. The smallest absolute Gasteiger partial charge is 0.164 e. The molecule has 0 aliphatic rings. The predicted octanol–water partition coefficient (Wildman–Crippen LogP) is 24.8. The summed E-state index contributed by atoms with van der Waals surface area (Å²) in [5.41, 5.74) is 21.4. The topological polar surface area (TPSA) is 72.3 Å². The van der Waals surface area contributed by atoms with Crippen LogP contribution in [0.3, 0.4) is 0 Å². The molecule has 0 amide bonds. The SMILES string of the molecule is C=C/C=C\C(C#N)=C/c1ccc(-n2c3ccc(C(C)(C)C)cc3c3cc(C(C)(C)C)ccc32)c(-c2cc(-c3nc(-c4cc(C(C)(C)C)cc(C(C)(C)C)c4)nc(-c4cc(C(C)(C)C)cc(C(C)(C)C)c4)n3)ccc2-n2c3ccc(C(C)(C)C)cc3c3cc(C(C)(C)C)ccc32)c1. The molecule has 0 saturated carbocycles. The number of fused-ring (bicyclic) bond motifs is 6. The van der Waals surface area contributed by atoms with Crippen LogP contribution in [0.1, 0.15) is 216 Å². The molecule has 0 bridgehead atoms. The summed E-state index contributed by atoms with van der Waals surface area (Å²) in [5.74, 6) is 1.79. The van der Waals surface area contributed by atoms with Gasteiger partial charge in [-0.15, -0.1) is 0 Å². The van der Waals surface area contributed by atoms with E-state index < -0.39 is 0 Å². The molecule has 0 radical (unpaired) electrons. The van der Waals surface area contributed by atoms with Crippen molar-refractivity contribution >= 4 is 49.7 Å². The molecule has 3 aromatic heterocycles. The molecular formula is C90H102N6. The highest BCUT2D eigenvalue weighted by Crippen LogP contribution is 2.47. The number of nitriles is 1. The van der Waals surface area contributed by atoms with E-state index in [-0.39, 0.29) is 43.3 Å². The lowest BCUT2D eigenvalue weighted by Crippen LogP contribution is -2.17. The summed E-state index contributed by atoms with van der Waals surface area (Å²) in [6.45, 7) is 58.9. The molecule has 0 N–H and O–H groups in total. The Kier molecular flexibility index (Phi) is 17.1. The molecule has 0 spiro atoms. The van der Waals surface area contributed by atoms with E-state index in [0.717, 1.165) is 66.8 Å². The van der Waals surface area contributed by atoms with Gasteiger partial charge in [-0.3, -0.25) is 0 Å². The Morgan fingerprint density at radius 1 is 0.344 bits per heavy atom. The van der Waals surface area contributed by atoms with Gasteiger partial charge in [0.25, 0.3) is 0 Å². The molecule has 6 nitrogen and oxygen atoms in total. The number of allylic oxidation sites excluding steroid dienone is 4. The standard InChI is InChI=1S/C90H102N6/c1-26-27-28-56(54-91)41-55-29-35-74(95-76-37-31-60(83(2,3)4)50-70(76)71-51-61(84(5,6)7)32-38-77(71)95)68(42-55)69-47-57(30-36-75(69)96-78-39-33-62(85(8,9)10)52-72(78)73-53-63(86(11,12)13)34-40-79(73)96)80-92-81(58-43-64(87(14,15)16)48-65(44-58)88(17,18)19)94-82(93-80)59-45-66(89(20,21)22)49-67(46-59)90(23,24)25/h26-53H,1H2,2-25H3/b28-27-,56-41+. The minimum atomic E-state index is -0.158. The first-order valence-electron chi connectivity index (χ1n) is 34.5. The van der Waals surface area contributed by atoms with Gasteiger partial charge in [0, 0.05) is 49.4 Å². The molecule has 8 aromatic carbocycles. The molecule has 6 heteroatoms. The fourth-order valence-electron chi connectivity index (χ4n) is 13.0. The van der Waals surface area contributed by atoms with Crippen LogP contribution in [0.2, 0.25) is 0 Å². The molecule has 0 atom stereocenters. The third-order valence-electron chi connectivity index (χ3n) is 19.4. The quantitative estimate of drug-likeness (QED) is 0.107. The zero-order chi connectivity index (χ0) is 69.9. The molecule has 96 heavy (non-hydrogen) atoms. The van der Waals surface area contributed by atoms with Crippen molar-refractivity contribution in [3.05, 3.63) is 226 Å². The molecule has 11 aromatic rings. The lowest BCUT2D eigenvalue weighted by Gasteiger charge is -2.26. The van der Waals surface area contributed by atoms with Crippen molar-refractivity contribution in [3.8, 4) is 62.7 Å². The first-order valence-corrected chi connectivity index (χ1v) is 34.5. The van der Waals surface area contributed by atoms with E-state index in [4.69, 9.17) is 15.0 Å². The van der Waals surface area contributed by atoms with Gasteiger partial charge in [-0.25, -0.2) is 15.0 Å². The second-order valence-electron chi connectivity index (χ2n) is 35.3. The van der Waals surface area contributed by atoms with Crippen molar-refractivity contribution in [2.24, 2.45) is 0 Å². The van der Waals surface area contributed by atoms with Gasteiger partial charge in [0.1, 0.15) is 0 Å². The fourth-order valence-corrected chi connectivity index (χ4v) is 13.0. The van der Waals surface area contributed by atoms with E-state index in [9.17, 15) is 5.26 Å². The first kappa shape index (κ1) is 68.5. The minimum Gasteiger partial charge on any atom is -0.309 e. The Labute approximate surface area is 574 Å². The van der Waals surface area contributed by atoms with Gasteiger partial charge in [0.15, 0.2) is 17.5 Å². The molecule has 0 aliphatic heterocycles. The van der Waals surface area contributed by atoms with Crippen molar-refractivity contribution in [2.45, 2.75) is 209 Å². The lowest BCUT2D eigenvalue weighted by atomic mass is 9.79. The van der Waals surface area contributed by atoms with Crippen molar-refractivity contribution < 1.29 is 0 Å². The van der Waals surface area contributed by atoms with Crippen LogP contribution in [0.25, 0.3) is 106 Å². The monoisotopic (exact) mass is 1270 g/mol. The number of hydrogen-bond acceptors (Lipinski definition) is 4. The summed E-state index contributed by atoms with van der Waals surface area (Å²) >= 11 is 0. The van der Waals surface area contributed by atoms with E-state index in [1.54, 1.807) is 6.08 Å². The molecule has 11 rings (SSSR count). The highest BCUT2D eigenvalue weighted by atomic mass is 15.0. The van der Waals surface area contributed by atoms with E-state index in [2.05, 4.69) is 334 Å². The van der Waals surface area contributed by atoms with Gasteiger partial charge in [0.05, 0.1) is 45.1 Å². The molecule has 0 saturated heterocycles. The lowest BCUT2D eigenvalue weighted by molar-refractivity contribution is 0.568. The fraction of sp³-hybridized carbons (Fsp3) is 0.356. The second kappa shape index (κ2) is 24.0. The molecule has 0 aliphatic carbocycles. The number of nitrogens with zero attached hydrogens (tertiary/aromatic N) is 6. The normalized spacial score (nSPS) is 13.5. The summed E-state index contributed by atoms with van der Waals surface area (Å²) in [6.07, 6.45) is 7.35. The van der Waals surface area contributed by atoms with Crippen molar-refractivity contribution in [1.29, 1.82) is 5.26 Å². The molecule has 3 heterocycles. The highest BCUT2D eigenvalue weighted by molar-refractivity contribution is 6.12. The van der Waals surface area contributed by atoms with Crippen LogP contribution in [-0.4, -0.2) is 24.1 Å². The number of aromatic nitrogens is 5. The van der Waals surface area contributed by atoms with Crippen molar-refractivity contribution in [3.63, 3.8) is 0 Å². The molecule has 492 valence electrons. The Hall–Kier alpha value is -8.92. The van der Waals surface area contributed by atoms with Crippen LogP contribution < -0.4 is 0 Å². The zero-order valence-corrected chi connectivity index (χ0v) is 62.1. The van der Waals surface area contributed by atoms with Crippen molar-refractivity contribution in [1.82, 2.24) is 24.1 Å². The Morgan fingerprint density at radius 3 is 0.948 bits per heavy atom. The molecular weight excluding hydrogens is 1170 g/mol. The summed E-state index contributed by atoms with van der Waals surface area (Å²) in [4.78, 5) is 17.0. The second-order valence-corrected chi connectivity index (χ2v) is 35.3. The summed E-state index contributed by atoms with van der Waals surface area (Å²) in [5, 5.41) is 15.6. The maximum atomic E-state index is 10.8. The maximum absolute atomic E-state index is 10.8. The molecule has 0 unspecified atom stereocenters. The number of benzene rings is 8. The number of hydrogen-bond donors (Lipinski definition) is 0. The average Bonchev–Trinajstić information content (AvgIpc) is 1.53. The third kappa shape index (κ3) is 13.5. The van der Waals surface area contributed by atoms with Crippen LogP contribution in [0.15, 0.2) is 176 Å². The Morgan fingerprint density at radius 2 is 0.646 bits per heavy atom. The van der Waals surface area contributed by atoms with Gasteiger partial charge in [-0.2, -0.15) is 5.26 Å². The van der Waals surface area contributed by atoms with Crippen LogP contribution in [0.4, 0.5) is 0 Å². The van der Waals surface area contributed by atoms with Gasteiger partial charge in [-0.1, -0.05) is 227 Å². The van der Waals surface area contributed by atoms with Crippen LogP contribution in [0.5, 0.6) is 0 Å². The highest BCUT2D eigenvalue weighted by Gasteiger charge is 2.30. The largest absolute Gasteiger partial charge is 0.309 e. The van der Waals surface area contributed by atoms with Gasteiger partial charge in [-0.05, 0) is 209 Å². The zero-order valence-electron chi connectivity index (χ0n) is 62.1. The number of rotatable bonds is 9. The van der Waals surface area contributed by atoms with Crippen LogP contribution in [0, 0.1) is 11.3 Å². The first-order chi connectivity index (χ1) is 44.5. The third-order valence-corrected chi connectivity index (χ3v) is 19.4. The van der Waals surface area contributed by atoms with Crippen molar-refractivity contribution in [2.75, 3.05) is 0 Å². The van der Waals surface area contributed by atoms with Crippen LogP contribution in [-0.2, 0) is 43.3 Å². The predicted molar refractivity (Wildman–Crippen MR) is 413 cm³/mol. The average molecular weight is 1270 g/mol. The summed E-state index contributed by atoms with van der Waals surface area (Å²) in [7, 11) is 0. The Balaban J connectivity index is 1.34. The van der Waals surface area contributed by atoms with E-state index in [1.807, 2.05) is 18.2 Å². The minimum absolute atomic E-state index is 0.0931. The van der Waals surface area contributed by atoms with E-state index in [1.165, 1.54) is 66.1 Å². The van der Waals surface area contributed by atoms with Crippen LogP contribution >= 0.6 is 0 Å². The van der Waals surface area contributed by atoms with Gasteiger partial charge >= 0.3 is 0 Å².